The van der Waals surface area contributed by atoms with Crippen molar-refractivity contribution in [3.05, 3.63) is 46.0 Å². The maximum Gasteiger partial charge on any atom is 0.341 e. The molecule has 0 spiro atoms. The minimum Gasteiger partial charge on any atom is -0.493 e. The van der Waals surface area contributed by atoms with E-state index in [9.17, 15) is 9.59 Å². The molecule has 3 rings (SSSR count). The molecule has 1 amide bonds. The number of fused-ring (bicyclic) bond motifs is 1. The smallest absolute Gasteiger partial charge is 0.341 e. The topological polar surface area (TPSA) is 77.8 Å². The third-order valence-electron chi connectivity index (χ3n) is 4.04. The molecule has 0 aliphatic carbocycles. The number of nitrogens with one attached hydrogen (secondary N) is 1. The summed E-state index contributed by atoms with van der Waals surface area (Å²) in [5.74, 6) is -0.189. The molecule has 0 bridgehead atoms. The van der Waals surface area contributed by atoms with Crippen LogP contribution in [0.25, 0.3) is 11.0 Å². The van der Waals surface area contributed by atoms with Gasteiger partial charge in [-0.3, -0.25) is 4.79 Å². The van der Waals surface area contributed by atoms with E-state index in [1.807, 2.05) is 26.0 Å². The molecule has 0 aliphatic heterocycles. The van der Waals surface area contributed by atoms with Gasteiger partial charge in [0.15, 0.2) is 17.1 Å². The molecule has 7 heteroatoms. The van der Waals surface area contributed by atoms with Crippen molar-refractivity contribution in [2.45, 2.75) is 20.8 Å². The van der Waals surface area contributed by atoms with Crippen LogP contribution in [0.5, 0.6) is 5.75 Å². The first kappa shape index (κ1) is 18.0. The van der Waals surface area contributed by atoms with Crippen LogP contribution in [0.4, 0.5) is 5.00 Å². The van der Waals surface area contributed by atoms with Gasteiger partial charge in [-0.25, -0.2) is 4.79 Å². The quantitative estimate of drug-likeness (QED) is 0.664. The number of carbonyl (C=O) groups is 2. The van der Waals surface area contributed by atoms with Gasteiger partial charge in [0.05, 0.1) is 19.3 Å². The van der Waals surface area contributed by atoms with Crippen molar-refractivity contribution in [1.82, 2.24) is 0 Å². The number of aryl methyl sites for hydroxylation is 1. The van der Waals surface area contributed by atoms with Gasteiger partial charge in [-0.05, 0) is 38.5 Å². The summed E-state index contributed by atoms with van der Waals surface area (Å²) in [6, 6.07) is 7.06. The molecule has 0 saturated carbocycles. The summed E-state index contributed by atoms with van der Waals surface area (Å²) in [4.78, 5) is 25.8. The van der Waals surface area contributed by atoms with Crippen LogP contribution in [-0.4, -0.2) is 25.6 Å². The largest absolute Gasteiger partial charge is 0.493 e. The molecule has 2 heterocycles. The van der Waals surface area contributed by atoms with Crippen molar-refractivity contribution in [2.24, 2.45) is 0 Å². The van der Waals surface area contributed by atoms with E-state index in [1.165, 1.54) is 11.3 Å². The summed E-state index contributed by atoms with van der Waals surface area (Å²) in [5, 5.41) is 3.99. The Kier molecular flexibility index (Phi) is 4.99. The number of thiophene rings is 1. The fourth-order valence-corrected chi connectivity index (χ4v) is 3.68. The van der Waals surface area contributed by atoms with Crippen molar-refractivity contribution in [1.29, 1.82) is 0 Å². The lowest BCUT2D eigenvalue weighted by Gasteiger charge is -2.06. The van der Waals surface area contributed by atoms with E-state index in [-0.39, 0.29) is 12.4 Å². The first-order valence-corrected chi connectivity index (χ1v) is 8.92. The lowest BCUT2D eigenvalue weighted by Crippen LogP contribution is -2.14. The van der Waals surface area contributed by atoms with Crippen molar-refractivity contribution in [2.75, 3.05) is 19.0 Å². The molecule has 0 aliphatic rings. The number of methoxy groups -OCH3 is 1. The van der Waals surface area contributed by atoms with Gasteiger partial charge in [0.1, 0.15) is 5.00 Å². The van der Waals surface area contributed by atoms with Crippen LogP contribution in [0.3, 0.4) is 0 Å². The van der Waals surface area contributed by atoms with E-state index >= 15 is 0 Å². The Morgan fingerprint density at radius 2 is 2.04 bits per heavy atom. The standard InChI is InChI=1S/C19H19NO5S/c1-5-24-19(22)15-10(2)11(3)26-18(15)20-17(21)14-9-12-7-6-8-13(23-4)16(12)25-14/h6-9H,5H2,1-4H3,(H,20,21). The summed E-state index contributed by atoms with van der Waals surface area (Å²) in [5.41, 5.74) is 1.69. The predicted octanol–water partition coefficient (Wildman–Crippen LogP) is 4.55. The molecular weight excluding hydrogens is 354 g/mol. The Bertz CT molecular complexity index is 985. The van der Waals surface area contributed by atoms with Crippen LogP contribution in [0.1, 0.15) is 38.3 Å². The molecular formula is C19H19NO5S. The first-order valence-electron chi connectivity index (χ1n) is 8.11. The lowest BCUT2D eigenvalue weighted by molar-refractivity contribution is 0.0527. The minimum absolute atomic E-state index is 0.142. The number of rotatable bonds is 5. The van der Waals surface area contributed by atoms with Crippen molar-refractivity contribution >= 4 is 39.2 Å². The van der Waals surface area contributed by atoms with Gasteiger partial charge in [0.2, 0.25) is 0 Å². The van der Waals surface area contributed by atoms with Crippen LogP contribution in [-0.2, 0) is 4.74 Å². The highest BCUT2D eigenvalue weighted by Gasteiger charge is 2.23. The van der Waals surface area contributed by atoms with Crippen molar-refractivity contribution < 1.29 is 23.5 Å². The number of furan rings is 1. The van der Waals surface area contributed by atoms with Gasteiger partial charge in [-0.1, -0.05) is 12.1 Å². The maximum atomic E-state index is 12.6. The molecule has 0 saturated heterocycles. The molecule has 1 aromatic carbocycles. The zero-order valence-corrected chi connectivity index (χ0v) is 15.8. The van der Waals surface area contributed by atoms with Crippen LogP contribution in [0.2, 0.25) is 0 Å². The van der Waals surface area contributed by atoms with Gasteiger partial charge >= 0.3 is 5.97 Å². The van der Waals surface area contributed by atoms with E-state index < -0.39 is 11.9 Å². The average Bonchev–Trinajstić information content (AvgIpc) is 3.16. The normalized spacial score (nSPS) is 10.8. The second kappa shape index (κ2) is 7.21. The number of hydrogen-bond acceptors (Lipinski definition) is 6. The zero-order chi connectivity index (χ0) is 18.8. The first-order chi connectivity index (χ1) is 12.5. The number of ether oxygens (including phenoxy) is 2. The number of carbonyl (C=O) groups excluding carboxylic acids is 2. The molecule has 1 N–H and O–H groups in total. The summed E-state index contributed by atoms with van der Waals surface area (Å²) in [7, 11) is 1.54. The van der Waals surface area contributed by atoms with E-state index in [1.54, 1.807) is 26.2 Å². The Morgan fingerprint density at radius 3 is 2.73 bits per heavy atom. The van der Waals surface area contributed by atoms with Crippen LogP contribution >= 0.6 is 11.3 Å². The summed E-state index contributed by atoms with van der Waals surface area (Å²) >= 11 is 1.33. The van der Waals surface area contributed by atoms with Crippen LogP contribution in [0.15, 0.2) is 28.7 Å². The Hall–Kier alpha value is -2.80. The average molecular weight is 373 g/mol. The third kappa shape index (κ3) is 3.17. The van der Waals surface area contributed by atoms with E-state index in [2.05, 4.69) is 5.32 Å². The monoisotopic (exact) mass is 373 g/mol. The highest BCUT2D eigenvalue weighted by atomic mass is 32.1. The van der Waals surface area contributed by atoms with E-state index in [0.717, 1.165) is 15.8 Å². The highest BCUT2D eigenvalue weighted by molar-refractivity contribution is 7.16. The molecule has 6 nitrogen and oxygen atoms in total. The SMILES string of the molecule is CCOC(=O)c1c(NC(=O)c2cc3cccc(OC)c3o2)sc(C)c1C. The number of hydrogen-bond donors (Lipinski definition) is 1. The van der Waals surface area contributed by atoms with Gasteiger partial charge in [-0.15, -0.1) is 11.3 Å². The molecule has 26 heavy (non-hydrogen) atoms. The van der Waals surface area contributed by atoms with Gasteiger partial charge in [0, 0.05) is 10.3 Å². The maximum absolute atomic E-state index is 12.6. The van der Waals surface area contributed by atoms with Crippen LogP contribution in [0, 0.1) is 13.8 Å². The number of amides is 1. The van der Waals surface area contributed by atoms with Gasteiger partial charge in [0.25, 0.3) is 5.91 Å². The Balaban J connectivity index is 1.94. The minimum atomic E-state index is -0.448. The number of para-hydroxylation sites is 1. The molecule has 0 fully saturated rings. The summed E-state index contributed by atoms with van der Waals surface area (Å²) in [6.07, 6.45) is 0. The summed E-state index contributed by atoms with van der Waals surface area (Å²) < 4.78 is 16.0. The predicted molar refractivity (Wildman–Crippen MR) is 100 cm³/mol. The lowest BCUT2D eigenvalue weighted by atomic mass is 10.1. The van der Waals surface area contributed by atoms with E-state index in [0.29, 0.717) is 21.9 Å². The Morgan fingerprint density at radius 1 is 1.27 bits per heavy atom. The van der Waals surface area contributed by atoms with Crippen molar-refractivity contribution in [3.8, 4) is 5.75 Å². The fourth-order valence-electron chi connectivity index (χ4n) is 2.64. The molecule has 0 radical (unpaired) electrons. The number of esters is 1. The number of anilines is 1. The van der Waals surface area contributed by atoms with Crippen LogP contribution < -0.4 is 10.1 Å². The summed E-state index contributed by atoms with van der Waals surface area (Å²) in [6.45, 7) is 5.74. The molecule has 136 valence electrons. The van der Waals surface area contributed by atoms with E-state index in [4.69, 9.17) is 13.9 Å². The molecule has 0 unspecified atom stereocenters. The second-order valence-electron chi connectivity index (χ2n) is 5.65. The zero-order valence-electron chi connectivity index (χ0n) is 15.0. The molecule has 3 aromatic rings. The highest BCUT2D eigenvalue weighted by Crippen LogP contribution is 2.34. The number of benzene rings is 1. The molecule has 2 aromatic heterocycles. The van der Waals surface area contributed by atoms with Gasteiger partial charge in [-0.2, -0.15) is 0 Å². The third-order valence-corrected chi connectivity index (χ3v) is 5.17. The second-order valence-corrected chi connectivity index (χ2v) is 6.88. The molecule has 0 atom stereocenters. The fraction of sp³-hybridized carbons (Fsp3) is 0.263. The van der Waals surface area contributed by atoms with Gasteiger partial charge < -0.3 is 19.2 Å². The van der Waals surface area contributed by atoms with Crippen molar-refractivity contribution in [3.63, 3.8) is 0 Å². The Labute approximate surface area is 154 Å².